The SMILES string of the molecule is CCCNC(C)c1ncc(-c2csc(C)n2)o1. The van der Waals surface area contributed by atoms with Gasteiger partial charge in [-0.15, -0.1) is 11.3 Å². The Morgan fingerprint density at radius 2 is 2.35 bits per heavy atom. The first-order valence-electron chi connectivity index (χ1n) is 5.82. The maximum absolute atomic E-state index is 5.71. The third kappa shape index (κ3) is 2.92. The normalized spacial score (nSPS) is 12.9. The molecule has 17 heavy (non-hydrogen) atoms. The van der Waals surface area contributed by atoms with E-state index in [4.69, 9.17) is 4.42 Å². The van der Waals surface area contributed by atoms with Crippen LogP contribution in [-0.2, 0) is 0 Å². The predicted octanol–water partition coefficient (Wildman–Crippen LogP) is 3.17. The van der Waals surface area contributed by atoms with Crippen LogP contribution >= 0.6 is 11.3 Å². The third-order valence-electron chi connectivity index (χ3n) is 2.47. The van der Waals surface area contributed by atoms with Crippen molar-refractivity contribution in [1.82, 2.24) is 15.3 Å². The van der Waals surface area contributed by atoms with E-state index in [1.165, 1.54) is 0 Å². The van der Waals surface area contributed by atoms with Gasteiger partial charge in [-0.05, 0) is 26.8 Å². The molecule has 0 aliphatic rings. The van der Waals surface area contributed by atoms with Gasteiger partial charge in [0, 0.05) is 5.38 Å². The second kappa shape index (κ2) is 5.42. The highest BCUT2D eigenvalue weighted by Crippen LogP contribution is 2.24. The molecule has 2 aromatic rings. The summed E-state index contributed by atoms with van der Waals surface area (Å²) >= 11 is 1.62. The number of nitrogens with one attached hydrogen (secondary N) is 1. The second-order valence-corrected chi connectivity index (χ2v) is 5.05. The molecule has 0 aliphatic carbocycles. The first-order chi connectivity index (χ1) is 8.20. The maximum atomic E-state index is 5.71. The van der Waals surface area contributed by atoms with Crippen molar-refractivity contribution in [1.29, 1.82) is 0 Å². The van der Waals surface area contributed by atoms with Crippen molar-refractivity contribution >= 4 is 11.3 Å². The van der Waals surface area contributed by atoms with Gasteiger partial charge in [0.2, 0.25) is 5.89 Å². The van der Waals surface area contributed by atoms with E-state index in [1.807, 2.05) is 12.3 Å². The number of oxazole rings is 1. The minimum Gasteiger partial charge on any atom is -0.437 e. The van der Waals surface area contributed by atoms with Crippen molar-refractivity contribution < 1.29 is 4.42 Å². The van der Waals surface area contributed by atoms with Crippen LogP contribution in [0.15, 0.2) is 16.0 Å². The van der Waals surface area contributed by atoms with Gasteiger partial charge in [-0.1, -0.05) is 6.92 Å². The first kappa shape index (κ1) is 12.3. The minimum absolute atomic E-state index is 0.142. The molecule has 2 aromatic heterocycles. The van der Waals surface area contributed by atoms with Crippen molar-refractivity contribution in [2.75, 3.05) is 6.54 Å². The van der Waals surface area contributed by atoms with Crippen molar-refractivity contribution in [2.45, 2.75) is 33.2 Å². The van der Waals surface area contributed by atoms with E-state index in [2.05, 4.69) is 29.1 Å². The maximum Gasteiger partial charge on any atom is 0.211 e. The molecule has 92 valence electrons. The Balaban J connectivity index is 2.10. The van der Waals surface area contributed by atoms with Crippen LogP contribution in [0.2, 0.25) is 0 Å². The number of hydrogen-bond acceptors (Lipinski definition) is 5. The standard InChI is InChI=1S/C12H17N3OS/c1-4-5-13-8(2)12-14-6-11(16-12)10-7-17-9(3)15-10/h6-8,13H,4-5H2,1-3H3. The molecule has 0 amide bonds. The lowest BCUT2D eigenvalue weighted by atomic mass is 10.3. The Bertz CT molecular complexity index is 478. The fourth-order valence-corrected chi connectivity index (χ4v) is 2.13. The molecule has 4 nitrogen and oxygen atoms in total. The number of aryl methyl sites for hydroxylation is 1. The topological polar surface area (TPSA) is 51.0 Å². The van der Waals surface area contributed by atoms with E-state index in [0.29, 0.717) is 0 Å². The van der Waals surface area contributed by atoms with Gasteiger partial charge in [-0.3, -0.25) is 0 Å². The fourth-order valence-electron chi connectivity index (χ4n) is 1.53. The molecule has 0 saturated heterocycles. The average Bonchev–Trinajstić information content (AvgIpc) is 2.93. The van der Waals surface area contributed by atoms with E-state index < -0.39 is 0 Å². The number of nitrogens with zero attached hydrogens (tertiary/aromatic N) is 2. The van der Waals surface area contributed by atoms with Gasteiger partial charge in [0.25, 0.3) is 0 Å². The number of rotatable bonds is 5. The zero-order valence-corrected chi connectivity index (χ0v) is 11.2. The molecule has 0 radical (unpaired) electrons. The van der Waals surface area contributed by atoms with Crippen LogP contribution in [0.1, 0.15) is 37.2 Å². The molecular formula is C12H17N3OS. The summed E-state index contributed by atoms with van der Waals surface area (Å²) in [6, 6.07) is 0.142. The lowest BCUT2D eigenvalue weighted by Gasteiger charge is -2.08. The molecule has 0 spiro atoms. The molecule has 0 aliphatic heterocycles. The number of thiazole rings is 1. The van der Waals surface area contributed by atoms with E-state index in [9.17, 15) is 0 Å². The van der Waals surface area contributed by atoms with Crippen LogP contribution < -0.4 is 5.32 Å². The van der Waals surface area contributed by atoms with Crippen molar-refractivity contribution in [2.24, 2.45) is 0 Å². The second-order valence-electron chi connectivity index (χ2n) is 3.99. The van der Waals surface area contributed by atoms with Crippen molar-refractivity contribution in [3.8, 4) is 11.5 Å². The Hall–Kier alpha value is -1.20. The number of aromatic nitrogens is 2. The molecular weight excluding hydrogens is 234 g/mol. The van der Waals surface area contributed by atoms with E-state index in [1.54, 1.807) is 17.5 Å². The highest BCUT2D eigenvalue weighted by atomic mass is 32.1. The Morgan fingerprint density at radius 1 is 1.53 bits per heavy atom. The molecule has 0 bridgehead atoms. The lowest BCUT2D eigenvalue weighted by molar-refractivity contribution is 0.422. The van der Waals surface area contributed by atoms with Crippen LogP contribution in [0.3, 0.4) is 0 Å². The summed E-state index contributed by atoms with van der Waals surface area (Å²) in [5.41, 5.74) is 0.869. The van der Waals surface area contributed by atoms with Crippen LogP contribution in [0, 0.1) is 6.92 Å². The minimum atomic E-state index is 0.142. The summed E-state index contributed by atoms with van der Waals surface area (Å²) in [6.45, 7) is 7.14. The van der Waals surface area contributed by atoms with Crippen LogP contribution in [0.25, 0.3) is 11.5 Å². The van der Waals surface area contributed by atoms with Crippen LogP contribution in [0.4, 0.5) is 0 Å². The Morgan fingerprint density at radius 3 is 3.00 bits per heavy atom. The number of hydrogen-bond donors (Lipinski definition) is 1. The molecule has 0 fully saturated rings. The van der Waals surface area contributed by atoms with E-state index in [0.717, 1.165) is 35.3 Å². The summed E-state index contributed by atoms with van der Waals surface area (Å²) in [4.78, 5) is 8.67. The monoisotopic (exact) mass is 251 g/mol. The largest absolute Gasteiger partial charge is 0.437 e. The molecule has 0 aromatic carbocycles. The molecule has 1 N–H and O–H groups in total. The molecule has 1 atom stereocenters. The first-order valence-corrected chi connectivity index (χ1v) is 6.70. The molecule has 5 heteroatoms. The summed E-state index contributed by atoms with van der Waals surface area (Å²) in [5, 5.41) is 6.37. The van der Waals surface area contributed by atoms with Crippen LogP contribution in [-0.4, -0.2) is 16.5 Å². The molecule has 0 saturated carbocycles. The van der Waals surface area contributed by atoms with Gasteiger partial charge in [0.15, 0.2) is 5.76 Å². The molecule has 2 heterocycles. The highest BCUT2D eigenvalue weighted by Gasteiger charge is 2.13. The lowest BCUT2D eigenvalue weighted by Crippen LogP contribution is -2.19. The highest BCUT2D eigenvalue weighted by molar-refractivity contribution is 7.09. The van der Waals surface area contributed by atoms with E-state index in [-0.39, 0.29) is 6.04 Å². The van der Waals surface area contributed by atoms with E-state index >= 15 is 0 Å². The average molecular weight is 251 g/mol. The van der Waals surface area contributed by atoms with Crippen LogP contribution in [0.5, 0.6) is 0 Å². The quantitative estimate of drug-likeness (QED) is 0.886. The zero-order chi connectivity index (χ0) is 12.3. The fraction of sp³-hybridized carbons (Fsp3) is 0.500. The Kier molecular flexibility index (Phi) is 3.91. The smallest absolute Gasteiger partial charge is 0.211 e. The van der Waals surface area contributed by atoms with Gasteiger partial charge in [-0.2, -0.15) is 0 Å². The van der Waals surface area contributed by atoms with Gasteiger partial charge in [0.05, 0.1) is 17.2 Å². The summed E-state index contributed by atoms with van der Waals surface area (Å²) < 4.78 is 5.71. The molecule has 2 rings (SSSR count). The van der Waals surface area contributed by atoms with Gasteiger partial charge in [-0.25, -0.2) is 9.97 Å². The van der Waals surface area contributed by atoms with Gasteiger partial charge in [0.1, 0.15) is 5.69 Å². The van der Waals surface area contributed by atoms with Gasteiger partial charge >= 0.3 is 0 Å². The summed E-state index contributed by atoms with van der Waals surface area (Å²) in [5.74, 6) is 1.47. The zero-order valence-electron chi connectivity index (χ0n) is 10.4. The summed E-state index contributed by atoms with van der Waals surface area (Å²) in [7, 11) is 0. The van der Waals surface area contributed by atoms with Gasteiger partial charge < -0.3 is 9.73 Å². The third-order valence-corrected chi connectivity index (χ3v) is 3.24. The predicted molar refractivity (Wildman–Crippen MR) is 69.1 cm³/mol. The Labute approximate surface area is 105 Å². The van der Waals surface area contributed by atoms with Crippen molar-refractivity contribution in [3.05, 3.63) is 22.5 Å². The molecule has 1 unspecified atom stereocenters. The summed E-state index contributed by atoms with van der Waals surface area (Å²) in [6.07, 6.45) is 2.84. The van der Waals surface area contributed by atoms with Crippen molar-refractivity contribution in [3.63, 3.8) is 0 Å².